The zero-order chi connectivity index (χ0) is 15.2. The first-order valence-electron chi connectivity index (χ1n) is 6.38. The number of nitrogens with zero attached hydrogens (tertiary/aromatic N) is 2. The molecule has 0 aromatic heterocycles. The molecule has 112 valence electrons. The van der Waals surface area contributed by atoms with Gasteiger partial charge in [-0.25, -0.2) is 0 Å². The van der Waals surface area contributed by atoms with Crippen LogP contribution >= 0.6 is 23.8 Å². The number of rotatable bonds is 5. The molecular weight excluding hydrogens is 308 g/mol. The first kappa shape index (κ1) is 15.5. The Morgan fingerprint density at radius 1 is 1.43 bits per heavy atom. The van der Waals surface area contributed by atoms with Gasteiger partial charge in [-0.1, -0.05) is 23.7 Å². The van der Waals surface area contributed by atoms with Crippen LogP contribution in [0.2, 0.25) is 0 Å². The Morgan fingerprint density at radius 3 is 2.90 bits per heavy atom. The summed E-state index contributed by atoms with van der Waals surface area (Å²) in [4.78, 5) is 1.94. The highest BCUT2D eigenvalue weighted by molar-refractivity contribution is 7.80. The molecule has 0 fully saturated rings. The predicted molar refractivity (Wildman–Crippen MR) is 88.2 cm³/mol. The zero-order valence-corrected chi connectivity index (χ0v) is 13.2. The fraction of sp³-hybridized carbons (Fsp3) is 0.214. The Morgan fingerprint density at radius 2 is 2.24 bits per heavy atom. The highest BCUT2D eigenvalue weighted by Gasteiger charge is 2.11. The van der Waals surface area contributed by atoms with Gasteiger partial charge >= 0.3 is 0 Å². The number of methoxy groups -OCH3 is 1. The second kappa shape index (κ2) is 7.19. The van der Waals surface area contributed by atoms with Crippen molar-refractivity contribution in [2.24, 2.45) is 5.73 Å². The van der Waals surface area contributed by atoms with Crippen LogP contribution in [0, 0.1) is 0 Å². The molecule has 1 aromatic rings. The molecule has 21 heavy (non-hydrogen) atoms. The molecule has 0 saturated carbocycles. The van der Waals surface area contributed by atoms with E-state index in [-0.39, 0.29) is 5.11 Å². The Bertz CT molecular complexity index is 576. The summed E-state index contributed by atoms with van der Waals surface area (Å²) in [6, 6.07) is 7.99. The normalized spacial score (nSPS) is 13.9. The second-order valence-electron chi connectivity index (χ2n) is 4.43. The zero-order valence-electron chi connectivity index (χ0n) is 11.6. The SMILES string of the molecule is COc1cccc(CCN2C=CN(NC(N)=S)C=C2Cl)c1. The number of nitrogens with two attached hydrogens (primary N) is 1. The largest absolute Gasteiger partial charge is 0.497 e. The van der Waals surface area contributed by atoms with Crippen molar-refractivity contribution in [3.05, 3.63) is 53.6 Å². The van der Waals surface area contributed by atoms with Crippen molar-refractivity contribution in [1.82, 2.24) is 15.3 Å². The van der Waals surface area contributed by atoms with Gasteiger partial charge in [-0.15, -0.1) is 0 Å². The van der Waals surface area contributed by atoms with Crippen molar-refractivity contribution in [1.29, 1.82) is 0 Å². The lowest BCUT2D eigenvalue weighted by Gasteiger charge is -2.28. The molecule has 0 amide bonds. The van der Waals surface area contributed by atoms with Crippen LogP contribution in [0.4, 0.5) is 0 Å². The Labute approximate surface area is 134 Å². The molecule has 1 aliphatic rings. The van der Waals surface area contributed by atoms with E-state index in [1.54, 1.807) is 24.5 Å². The summed E-state index contributed by atoms with van der Waals surface area (Å²) in [7, 11) is 1.66. The summed E-state index contributed by atoms with van der Waals surface area (Å²) in [6.07, 6.45) is 6.24. The minimum Gasteiger partial charge on any atom is -0.497 e. The van der Waals surface area contributed by atoms with Crippen molar-refractivity contribution in [3.8, 4) is 5.75 Å². The van der Waals surface area contributed by atoms with E-state index in [9.17, 15) is 0 Å². The predicted octanol–water partition coefficient (Wildman–Crippen LogP) is 2.11. The first-order valence-corrected chi connectivity index (χ1v) is 7.17. The number of nitrogens with one attached hydrogen (secondary N) is 1. The average molecular weight is 325 g/mol. The Balaban J connectivity index is 1.92. The number of hydrogen-bond acceptors (Lipinski definition) is 4. The molecular formula is C14H17ClN4OS. The van der Waals surface area contributed by atoms with E-state index in [1.807, 2.05) is 29.3 Å². The van der Waals surface area contributed by atoms with E-state index in [2.05, 4.69) is 11.5 Å². The highest BCUT2D eigenvalue weighted by Crippen LogP contribution is 2.18. The number of benzene rings is 1. The third-order valence-electron chi connectivity index (χ3n) is 2.94. The topological polar surface area (TPSA) is 53.8 Å². The summed E-state index contributed by atoms with van der Waals surface area (Å²) < 4.78 is 5.21. The maximum absolute atomic E-state index is 6.23. The summed E-state index contributed by atoms with van der Waals surface area (Å²) in [5.74, 6) is 0.857. The molecule has 2 rings (SSSR count). The van der Waals surface area contributed by atoms with E-state index < -0.39 is 0 Å². The molecule has 0 radical (unpaired) electrons. The van der Waals surface area contributed by atoms with Crippen molar-refractivity contribution in [3.63, 3.8) is 0 Å². The van der Waals surface area contributed by atoms with Gasteiger partial charge in [-0.2, -0.15) is 0 Å². The summed E-state index contributed by atoms with van der Waals surface area (Å²) in [6.45, 7) is 0.764. The van der Waals surface area contributed by atoms with Gasteiger partial charge in [-0.3, -0.25) is 10.4 Å². The fourth-order valence-corrected chi connectivity index (χ4v) is 2.26. The van der Waals surface area contributed by atoms with Crippen molar-refractivity contribution in [2.45, 2.75) is 6.42 Å². The molecule has 0 unspecified atom stereocenters. The lowest BCUT2D eigenvalue weighted by molar-refractivity contribution is 0.387. The standard InChI is InChI=1S/C14H17ClN4OS/c1-20-12-4-2-3-11(9-12)5-6-18-7-8-19(10-13(18)15)17-14(16)21/h2-4,7-10H,5-6H2,1H3,(H3,16,17,21). The summed E-state index contributed by atoms with van der Waals surface area (Å²) in [5, 5.41) is 2.39. The van der Waals surface area contributed by atoms with E-state index in [0.717, 1.165) is 18.7 Å². The molecule has 0 aliphatic carbocycles. The van der Waals surface area contributed by atoms with E-state index in [0.29, 0.717) is 5.16 Å². The van der Waals surface area contributed by atoms with Crippen molar-refractivity contribution in [2.75, 3.05) is 13.7 Å². The molecule has 1 aromatic carbocycles. The van der Waals surface area contributed by atoms with Gasteiger partial charge < -0.3 is 15.4 Å². The molecule has 3 N–H and O–H groups in total. The van der Waals surface area contributed by atoms with Gasteiger partial charge in [0, 0.05) is 18.9 Å². The molecule has 7 heteroatoms. The van der Waals surface area contributed by atoms with Gasteiger partial charge in [0.05, 0.1) is 13.3 Å². The molecule has 0 bridgehead atoms. The minimum absolute atomic E-state index is 0.185. The smallest absolute Gasteiger partial charge is 0.183 e. The highest BCUT2D eigenvalue weighted by atomic mass is 35.5. The molecule has 5 nitrogen and oxygen atoms in total. The molecule has 0 saturated heterocycles. The number of halogens is 1. The van der Waals surface area contributed by atoms with Gasteiger partial charge in [0.25, 0.3) is 0 Å². The van der Waals surface area contributed by atoms with E-state index in [1.165, 1.54) is 5.56 Å². The van der Waals surface area contributed by atoms with Crippen molar-refractivity contribution < 1.29 is 4.74 Å². The minimum atomic E-state index is 0.185. The third-order valence-corrected chi connectivity index (χ3v) is 3.35. The molecule has 0 spiro atoms. The Hall–Kier alpha value is -1.92. The number of hydrogen-bond donors (Lipinski definition) is 2. The molecule has 1 heterocycles. The number of thiocarbonyl (C=S) groups is 1. The van der Waals surface area contributed by atoms with Gasteiger partial charge in [0.15, 0.2) is 5.11 Å². The van der Waals surface area contributed by atoms with Gasteiger partial charge in [0.2, 0.25) is 0 Å². The maximum Gasteiger partial charge on any atom is 0.183 e. The van der Waals surface area contributed by atoms with Crippen LogP contribution in [0.25, 0.3) is 0 Å². The third kappa shape index (κ3) is 4.54. The monoisotopic (exact) mass is 324 g/mol. The van der Waals surface area contributed by atoms with Crippen LogP contribution in [-0.2, 0) is 6.42 Å². The average Bonchev–Trinajstić information content (AvgIpc) is 2.46. The van der Waals surface area contributed by atoms with Crippen LogP contribution in [0.1, 0.15) is 5.56 Å². The first-order chi connectivity index (χ1) is 10.1. The van der Waals surface area contributed by atoms with Crippen molar-refractivity contribution >= 4 is 28.9 Å². The lowest BCUT2D eigenvalue weighted by Crippen LogP contribution is -2.40. The number of hydrazine groups is 1. The summed E-state index contributed by atoms with van der Waals surface area (Å²) >= 11 is 11.0. The molecule has 1 aliphatic heterocycles. The van der Waals surface area contributed by atoms with Crippen LogP contribution in [0.15, 0.2) is 48.0 Å². The van der Waals surface area contributed by atoms with Crippen LogP contribution in [0.5, 0.6) is 5.75 Å². The quantitative estimate of drug-likeness (QED) is 0.639. The second-order valence-corrected chi connectivity index (χ2v) is 5.26. The maximum atomic E-state index is 6.23. The van der Waals surface area contributed by atoms with Crippen LogP contribution in [0.3, 0.4) is 0 Å². The van der Waals surface area contributed by atoms with Gasteiger partial charge in [-0.05, 0) is 36.3 Å². The van der Waals surface area contributed by atoms with E-state index in [4.69, 9.17) is 34.3 Å². The van der Waals surface area contributed by atoms with E-state index >= 15 is 0 Å². The molecule has 0 atom stereocenters. The van der Waals surface area contributed by atoms with Gasteiger partial charge in [0.1, 0.15) is 10.9 Å². The number of ether oxygens (including phenoxy) is 1. The fourth-order valence-electron chi connectivity index (χ4n) is 1.91. The summed E-state index contributed by atoms with van der Waals surface area (Å²) in [5.41, 5.74) is 9.38. The van der Waals surface area contributed by atoms with Crippen LogP contribution in [-0.4, -0.2) is 28.7 Å². The van der Waals surface area contributed by atoms with Crippen LogP contribution < -0.4 is 15.9 Å². The lowest BCUT2D eigenvalue weighted by atomic mass is 10.1. The Kier molecular flexibility index (Phi) is 5.30.